The van der Waals surface area contributed by atoms with Gasteiger partial charge in [-0.05, 0) is 34.5 Å². The summed E-state index contributed by atoms with van der Waals surface area (Å²) in [5.41, 5.74) is 1.16. The summed E-state index contributed by atoms with van der Waals surface area (Å²) < 4.78 is 30.9. The lowest BCUT2D eigenvalue weighted by Crippen LogP contribution is -2.40. The van der Waals surface area contributed by atoms with Crippen molar-refractivity contribution in [2.24, 2.45) is 0 Å². The van der Waals surface area contributed by atoms with Crippen molar-refractivity contribution in [3.05, 3.63) is 71.2 Å². The van der Waals surface area contributed by atoms with E-state index in [0.29, 0.717) is 10.8 Å². The number of rotatable bonds is 7. The summed E-state index contributed by atoms with van der Waals surface area (Å²) in [7, 11) is -2.32. The highest BCUT2D eigenvalue weighted by molar-refractivity contribution is 7.92. The molecule has 1 N–H and O–H groups in total. The number of hydrogen-bond acceptors (Lipinski definition) is 4. The number of benzene rings is 3. The van der Waals surface area contributed by atoms with Crippen molar-refractivity contribution >= 4 is 44.0 Å². The predicted molar refractivity (Wildman–Crippen MR) is 116 cm³/mol. The third-order valence-electron chi connectivity index (χ3n) is 4.45. The van der Waals surface area contributed by atoms with Crippen LogP contribution in [0.2, 0.25) is 5.02 Å². The molecule has 0 aromatic heterocycles. The molecule has 3 aromatic carbocycles. The summed E-state index contributed by atoms with van der Waals surface area (Å²) in [4.78, 5) is 12.6. The highest BCUT2D eigenvalue weighted by atomic mass is 35.5. The highest BCUT2D eigenvalue weighted by Crippen LogP contribution is 2.32. The fraction of sp³-hybridized carbons (Fsp3) is 0.190. The van der Waals surface area contributed by atoms with Crippen molar-refractivity contribution in [2.45, 2.75) is 6.54 Å². The minimum atomic E-state index is -3.75. The van der Waals surface area contributed by atoms with Gasteiger partial charge in [0.05, 0.1) is 19.1 Å². The molecule has 0 saturated carbocycles. The molecule has 0 aliphatic carbocycles. The molecule has 0 aliphatic heterocycles. The third kappa shape index (κ3) is 4.99. The van der Waals surface area contributed by atoms with E-state index in [1.165, 1.54) is 13.2 Å². The molecule has 0 atom stereocenters. The Morgan fingerprint density at radius 1 is 1.10 bits per heavy atom. The van der Waals surface area contributed by atoms with Gasteiger partial charge < -0.3 is 10.1 Å². The Bertz CT molecular complexity index is 1140. The quantitative estimate of drug-likeness (QED) is 0.619. The minimum Gasteiger partial charge on any atom is -0.495 e. The lowest BCUT2D eigenvalue weighted by Gasteiger charge is -2.24. The van der Waals surface area contributed by atoms with Crippen molar-refractivity contribution in [3.63, 3.8) is 0 Å². The summed E-state index contributed by atoms with van der Waals surface area (Å²) in [5.74, 6) is -0.132. The van der Waals surface area contributed by atoms with Gasteiger partial charge in [-0.25, -0.2) is 8.42 Å². The first-order chi connectivity index (χ1) is 13.8. The maximum absolute atomic E-state index is 12.6. The molecule has 3 rings (SSSR count). The standard InChI is InChI=1S/C21H21ClN2O4S/c1-28-20-11-10-17(22)12-19(20)24(29(2,26)27)14-21(25)23-13-16-8-5-7-15-6-3-4-9-18(15)16/h3-12H,13-14H2,1-2H3,(H,23,25). The van der Waals surface area contributed by atoms with Crippen molar-refractivity contribution in [1.82, 2.24) is 5.32 Å². The maximum atomic E-state index is 12.6. The fourth-order valence-corrected chi connectivity index (χ4v) is 4.08. The summed E-state index contributed by atoms with van der Waals surface area (Å²) in [5, 5.41) is 5.24. The number of amides is 1. The van der Waals surface area contributed by atoms with Crippen LogP contribution in [0.5, 0.6) is 5.75 Å². The molecule has 1 amide bonds. The van der Waals surface area contributed by atoms with Gasteiger partial charge in [0.25, 0.3) is 0 Å². The second-order valence-corrected chi connectivity index (χ2v) is 8.84. The fourth-order valence-electron chi connectivity index (χ4n) is 3.07. The van der Waals surface area contributed by atoms with Crippen molar-refractivity contribution in [3.8, 4) is 5.75 Å². The first-order valence-corrected chi connectivity index (χ1v) is 11.1. The smallest absolute Gasteiger partial charge is 0.241 e. The number of nitrogens with one attached hydrogen (secondary N) is 1. The van der Waals surface area contributed by atoms with E-state index >= 15 is 0 Å². The van der Waals surface area contributed by atoms with Crippen molar-refractivity contribution in [2.75, 3.05) is 24.2 Å². The monoisotopic (exact) mass is 432 g/mol. The molecule has 0 unspecified atom stereocenters. The van der Waals surface area contributed by atoms with Gasteiger partial charge in [0.1, 0.15) is 12.3 Å². The van der Waals surface area contributed by atoms with Crippen LogP contribution < -0.4 is 14.4 Å². The van der Waals surface area contributed by atoms with Crippen molar-refractivity contribution < 1.29 is 17.9 Å². The minimum absolute atomic E-state index is 0.211. The van der Waals surface area contributed by atoms with Crippen molar-refractivity contribution in [1.29, 1.82) is 0 Å². The predicted octanol–water partition coefficient (Wildman–Crippen LogP) is 3.58. The molecule has 6 nitrogen and oxygen atoms in total. The average Bonchev–Trinajstić information content (AvgIpc) is 2.69. The average molecular weight is 433 g/mol. The number of methoxy groups -OCH3 is 1. The first-order valence-electron chi connectivity index (χ1n) is 8.84. The molecule has 0 heterocycles. The Morgan fingerprint density at radius 2 is 1.83 bits per heavy atom. The number of anilines is 1. The van der Waals surface area contributed by atoms with Crippen LogP contribution in [0.15, 0.2) is 60.7 Å². The van der Waals surface area contributed by atoms with Crippen LogP contribution in [0.3, 0.4) is 0 Å². The van der Waals surface area contributed by atoms with Crippen LogP contribution in [-0.4, -0.2) is 34.2 Å². The van der Waals surface area contributed by atoms with E-state index in [4.69, 9.17) is 16.3 Å². The van der Waals surface area contributed by atoms with Gasteiger partial charge in [-0.1, -0.05) is 54.1 Å². The molecule has 0 spiro atoms. The number of carbonyl (C=O) groups excluding carboxylic acids is 1. The van der Waals surface area contributed by atoms with Crippen LogP contribution in [0.1, 0.15) is 5.56 Å². The van der Waals surface area contributed by atoms with E-state index in [0.717, 1.165) is 26.9 Å². The molecular weight excluding hydrogens is 412 g/mol. The van der Waals surface area contributed by atoms with Gasteiger partial charge in [0.2, 0.25) is 15.9 Å². The molecule has 0 saturated heterocycles. The van der Waals surface area contributed by atoms with E-state index in [-0.39, 0.29) is 18.8 Å². The maximum Gasteiger partial charge on any atom is 0.241 e. The molecule has 0 bridgehead atoms. The summed E-state index contributed by atoms with van der Waals surface area (Å²) >= 11 is 6.02. The second kappa shape index (κ2) is 8.71. The van der Waals surface area contributed by atoms with Gasteiger partial charge in [-0.15, -0.1) is 0 Å². The van der Waals surface area contributed by atoms with Crippen LogP contribution in [0, 0.1) is 0 Å². The summed E-state index contributed by atoms with van der Waals surface area (Å²) in [6, 6.07) is 18.3. The first kappa shape index (κ1) is 21.0. The number of sulfonamides is 1. The third-order valence-corrected chi connectivity index (χ3v) is 5.81. The lowest BCUT2D eigenvalue weighted by molar-refractivity contribution is -0.119. The SMILES string of the molecule is COc1ccc(Cl)cc1N(CC(=O)NCc1cccc2ccccc12)S(C)(=O)=O. The zero-order valence-electron chi connectivity index (χ0n) is 16.1. The lowest BCUT2D eigenvalue weighted by atomic mass is 10.0. The molecule has 3 aromatic rings. The molecule has 0 fully saturated rings. The Kier molecular flexibility index (Phi) is 6.30. The molecule has 0 aliphatic rings. The van der Waals surface area contributed by atoms with E-state index in [9.17, 15) is 13.2 Å². The zero-order chi connectivity index (χ0) is 21.0. The van der Waals surface area contributed by atoms with Crippen LogP contribution >= 0.6 is 11.6 Å². The Hall–Kier alpha value is -2.77. The van der Waals surface area contributed by atoms with E-state index < -0.39 is 15.9 Å². The molecule has 0 radical (unpaired) electrons. The Morgan fingerprint density at radius 3 is 2.55 bits per heavy atom. The highest BCUT2D eigenvalue weighted by Gasteiger charge is 2.24. The van der Waals surface area contributed by atoms with E-state index in [1.54, 1.807) is 12.1 Å². The molecule has 8 heteroatoms. The van der Waals surface area contributed by atoms with Gasteiger partial charge >= 0.3 is 0 Å². The Labute approximate surface area is 175 Å². The van der Waals surface area contributed by atoms with Gasteiger partial charge in [0.15, 0.2) is 0 Å². The largest absolute Gasteiger partial charge is 0.495 e. The van der Waals surface area contributed by atoms with Gasteiger partial charge in [-0.3, -0.25) is 9.10 Å². The van der Waals surface area contributed by atoms with Crippen LogP contribution in [0.25, 0.3) is 10.8 Å². The normalized spacial score (nSPS) is 11.3. The van der Waals surface area contributed by atoms with Crippen LogP contribution in [0.4, 0.5) is 5.69 Å². The molecule has 152 valence electrons. The number of fused-ring (bicyclic) bond motifs is 1. The summed E-state index contributed by atoms with van der Waals surface area (Å²) in [6.07, 6.45) is 1.03. The van der Waals surface area contributed by atoms with E-state index in [1.807, 2.05) is 42.5 Å². The Balaban J connectivity index is 1.80. The second-order valence-electron chi connectivity index (χ2n) is 6.50. The van der Waals surface area contributed by atoms with E-state index in [2.05, 4.69) is 5.32 Å². The number of hydrogen-bond donors (Lipinski definition) is 1. The molecular formula is C21H21ClN2O4S. The molecule has 29 heavy (non-hydrogen) atoms. The number of ether oxygens (including phenoxy) is 1. The van der Waals surface area contributed by atoms with Gasteiger partial charge in [-0.2, -0.15) is 0 Å². The van der Waals surface area contributed by atoms with Crippen LogP contribution in [-0.2, 0) is 21.4 Å². The summed E-state index contributed by atoms with van der Waals surface area (Å²) in [6.45, 7) is -0.106. The number of carbonyl (C=O) groups is 1. The number of halogens is 1. The van der Waals surface area contributed by atoms with Gasteiger partial charge in [0, 0.05) is 11.6 Å². The topological polar surface area (TPSA) is 75.7 Å². The zero-order valence-corrected chi connectivity index (χ0v) is 17.6. The number of nitrogens with zero attached hydrogens (tertiary/aromatic N) is 1.